The lowest BCUT2D eigenvalue weighted by molar-refractivity contribution is -0.139. The van der Waals surface area contributed by atoms with Gasteiger partial charge in [-0.1, -0.05) is 47.2 Å². The van der Waals surface area contributed by atoms with Gasteiger partial charge in [0.25, 0.3) is 5.56 Å². The Morgan fingerprint density at radius 1 is 1.26 bits per heavy atom. The Labute approximate surface area is 210 Å². The van der Waals surface area contributed by atoms with Crippen molar-refractivity contribution in [2.45, 2.75) is 39.8 Å². The lowest BCUT2D eigenvalue weighted by Gasteiger charge is -2.26. The molecule has 1 aliphatic heterocycles. The third kappa shape index (κ3) is 4.81. The maximum Gasteiger partial charge on any atom is 0.338 e. The molecule has 6 nitrogen and oxygen atoms in total. The van der Waals surface area contributed by atoms with E-state index in [1.165, 1.54) is 22.8 Å². The van der Waals surface area contributed by atoms with Crippen molar-refractivity contribution in [3.63, 3.8) is 0 Å². The van der Waals surface area contributed by atoms with Crippen LogP contribution in [-0.4, -0.2) is 23.2 Å². The van der Waals surface area contributed by atoms with Crippen LogP contribution in [0.2, 0.25) is 5.02 Å². The standard InChI is InChI=1S/C26H24ClFN2O4S/c1-5-33-25(32)22-15(4)29-26-30(23(22)16-9-6-7-12-20(16)34-14(2)3)24(31)21(35-26)13-17-18(27)10-8-11-19(17)28/h6-14,23H,5H2,1-4H3/b21-13+/t23-/m1/s1. The number of para-hydroxylation sites is 1. The number of ether oxygens (including phenoxy) is 2. The fourth-order valence-corrected chi connectivity index (χ4v) is 5.18. The predicted molar refractivity (Wildman–Crippen MR) is 134 cm³/mol. The summed E-state index contributed by atoms with van der Waals surface area (Å²) >= 11 is 7.29. The van der Waals surface area contributed by atoms with E-state index in [1.54, 1.807) is 26.0 Å². The molecule has 0 amide bonds. The Balaban J connectivity index is 2.02. The van der Waals surface area contributed by atoms with Crippen LogP contribution in [0, 0.1) is 5.82 Å². The number of benzene rings is 2. The molecule has 4 rings (SSSR count). The van der Waals surface area contributed by atoms with Crippen molar-refractivity contribution >= 4 is 35.0 Å². The first-order valence-electron chi connectivity index (χ1n) is 11.1. The minimum atomic E-state index is -0.835. The largest absolute Gasteiger partial charge is 0.491 e. The Morgan fingerprint density at radius 2 is 2.00 bits per heavy atom. The van der Waals surface area contributed by atoms with Crippen LogP contribution in [0.1, 0.15) is 44.9 Å². The zero-order chi connectivity index (χ0) is 25.3. The summed E-state index contributed by atoms with van der Waals surface area (Å²) in [5.74, 6) is -0.570. The molecule has 0 fully saturated rings. The van der Waals surface area contributed by atoms with Crippen molar-refractivity contribution in [1.29, 1.82) is 0 Å². The summed E-state index contributed by atoms with van der Waals surface area (Å²) in [6.07, 6.45) is 1.28. The highest BCUT2D eigenvalue weighted by Crippen LogP contribution is 2.36. The van der Waals surface area contributed by atoms with E-state index in [0.29, 0.717) is 21.8 Å². The average molecular weight is 515 g/mol. The van der Waals surface area contributed by atoms with Gasteiger partial charge in [0, 0.05) is 11.1 Å². The molecule has 0 N–H and O–H groups in total. The quantitative estimate of drug-likeness (QED) is 0.458. The molecule has 1 aliphatic rings. The molecule has 0 bridgehead atoms. The molecule has 35 heavy (non-hydrogen) atoms. The maximum atomic E-state index is 14.5. The first-order chi connectivity index (χ1) is 16.7. The third-order valence-electron chi connectivity index (χ3n) is 5.37. The number of hydrogen-bond donors (Lipinski definition) is 0. The number of halogens is 2. The Bertz CT molecular complexity index is 1490. The first kappa shape index (κ1) is 24.9. The summed E-state index contributed by atoms with van der Waals surface area (Å²) in [5, 5.41) is 0.187. The molecule has 1 aromatic heterocycles. The molecule has 2 heterocycles. The summed E-state index contributed by atoms with van der Waals surface area (Å²) in [4.78, 5) is 31.7. The van der Waals surface area contributed by atoms with Crippen LogP contribution < -0.4 is 19.6 Å². The Hall–Kier alpha value is -3.23. The highest BCUT2D eigenvalue weighted by molar-refractivity contribution is 7.07. The number of esters is 1. The summed E-state index contributed by atoms with van der Waals surface area (Å²) in [7, 11) is 0. The summed E-state index contributed by atoms with van der Waals surface area (Å²) < 4.78 is 27.5. The molecule has 0 saturated carbocycles. The van der Waals surface area contributed by atoms with E-state index in [-0.39, 0.29) is 33.4 Å². The van der Waals surface area contributed by atoms with Gasteiger partial charge < -0.3 is 9.47 Å². The van der Waals surface area contributed by atoms with Crippen molar-refractivity contribution in [1.82, 2.24) is 4.57 Å². The average Bonchev–Trinajstić information content (AvgIpc) is 3.10. The SMILES string of the molecule is CCOC(=O)C1=C(C)N=c2s/c(=C/c3c(F)cccc3Cl)c(=O)n2[C@@H]1c1ccccc1OC(C)C. The van der Waals surface area contributed by atoms with Gasteiger partial charge in [-0.15, -0.1) is 0 Å². The monoisotopic (exact) mass is 514 g/mol. The summed E-state index contributed by atoms with van der Waals surface area (Å²) in [6, 6.07) is 10.7. The zero-order valence-corrected chi connectivity index (χ0v) is 21.2. The van der Waals surface area contributed by atoms with Crippen LogP contribution in [-0.2, 0) is 9.53 Å². The molecule has 0 saturated heterocycles. The molecule has 182 valence electrons. The number of rotatable bonds is 6. The number of thiazole rings is 1. The molecule has 0 unspecified atom stereocenters. The van der Waals surface area contributed by atoms with E-state index >= 15 is 0 Å². The number of allylic oxidation sites excluding steroid dienone is 1. The van der Waals surface area contributed by atoms with Crippen LogP contribution in [0.3, 0.4) is 0 Å². The number of aromatic nitrogens is 1. The normalized spacial score (nSPS) is 15.7. The van der Waals surface area contributed by atoms with Gasteiger partial charge >= 0.3 is 5.97 Å². The molecule has 0 spiro atoms. The van der Waals surface area contributed by atoms with Crippen molar-refractivity contribution in [2.75, 3.05) is 6.61 Å². The molecular formula is C26H24ClFN2O4S. The highest BCUT2D eigenvalue weighted by atomic mass is 35.5. The smallest absolute Gasteiger partial charge is 0.338 e. The number of fused-ring (bicyclic) bond motifs is 1. The van der Waals surface area contributed by atoms with Crippen molar-refractivity contribution < 1.29 is 18.7 Å². The topological polar surface area (TPSA) is 69.9 Å². The Morgan fingerprint density at radius 3 is 2.69 bits per heavy atom. The van der Waals surface area contributed by atoms with Gasteiger partial charge in [-0.2, -0.15) is 0 Å². The molecule has 0 radical (unpaired) electrons. The van der Waals surface area contributed by atoms with Gasteiger partial charge in [-0.25, -0.2) is 14.2 Å². The predicted octanol–water partition coefficient (Wildman–Crippen LogP) is 4.38. The van der Waals surface area contributed by atoms with Crippen LogP contribution >= 0.6 is 22.9 Å². The third-order valence-corrected chi connectivity index (χ3v) is 6.68. The molecule has 9 heteroatoms. The second-order valence-corrected chi connectivity index (χ2v) is 9.56. The van der Waals surface area contributed by atoms with E-state index in [9.17, 15) is 14.0 Å². The van der Waals surface area contributed by atoms with Gasteiger partial charge in [-0.3, -0.25) is 9.36 Å². The van der Waals surface area contributed by atoms with E-state index in [0.717, 1.165) is 11.3 Å². The van der Waals surface area contributed by atoms with Crippen LogP contribution in [0.5, 0.6) is 5.75 Å². The first-order valence-corrected chi connectivity index (χ1v) is 12.3. The number of carbonyl (C=O) groups excluding carboxylic acids is 1. The number of nitrogens with zero attached hydrogens (tertiary/aromatic N) is 2. The summed E-state index contributed by atoms with van der Waals surface area (Å²) in [5.41, 5.74) is 0.988. The van der Waals surface area contributed by atoms with Gasteiger partial charge in [0.1, 0.15) is 17.6 Å². The van der Waals surface area contributed by atoms with E-state index in [1.807, 2.05) is 32.0 Å². The number of hydrogen-bond acceptors (Lipinski definition) is 6. The van der Waals surface area contributed by atoms with Crippen LogP contribution in [0.4, 0.5) is 4.39 Å². The van der Waals surface area contributed by atoms with Gasteiger partial charge in [0.15, 0.2) is 4.80 Å². The second kappa shape index (κ2) is 10.2. The van der Waals surface area contributed by atoms with Gasteiger partial charge in [-0.05, 0) is 52.0 Å². The van der Waals surface area contributed by atoms with Gasteiger partial charge in [0.05, 0.1) is 33.5 Å². The van der Waals surface area contributed by atoms with Crippen LogP contribution in [0.25, 0.3) is 6.08 Å². The fraction of sp³-hybridized carbons (Fsp3) is 0.269. The number of carbonyl (C=O) groups is 1. The van der Waals surface area contributed by atoms with Gasteiger partial charge in [0.2, 0.25) is 0 Å². The lowest BCUT2D eigenvalue weighted by Crippen LogP contribution is -2.40. The minimum Gasteiger partial charge on any atom is -0.491 e. The molecule has 1 atom stereocenters. The Kier molecular flexibility index (Phi) is 7.23. The minimum absolute atomic E-state index is 0.112. The molecule has 0 aliphatic carbocycles. The molecule has 3 aromatic rings. The molecule has 2 aromatic carbocycles. The van der Waals surface area contributed by atoms with Crippen LogP contribution in [0.15, 0.2) is 63.5 Å². The maximum absolute atomic E-state index is 14.5. The fourth-order valence-electron chi connectivity index (χ4n) is 3.93. The molecular weight excluding hydrogens is 491 g/mol. The van der Waals surface area contributed by atoms with Crippen molar-refractivity contribution in [2.24, 2.45) is 4.99 Å². The van der Waals surface area contributed by atoms with Crippen molar-refractivity contribution in [3.05, 3.63) is 95.4 Å². The van der Waals surface area contributed by atoms with E-state index < -0.39 is 23.4 Å². The zero-order valence-electron chi connectivity index (χ0n) is 19.7. The second-order valence-electron chi connectivity index (χ2n) is 8.14. The highest BCUT2D eigenvalue weighted by Gasteiger charge is 2.35. The van der Waals surface area contributed by atoms with Crippen molar-refractivity contribution in [3.8, 4) is 5.75 Å². The lowest BCUT2D eigenvalue weighted by atomic mass is 9.95. The van der Waals surface area contributed by atoms with E-state index in [2.05, 4.69) is 4.99 Å². The van der Waals surface area contributed by atoms with E-state index in [4.69, 9.17) is 21.1 Å². The summed E-state index contributed by atoms with van der Waals surface area (Å²) in [6.45, 7) is 7.38.